The Labute approximate surface area is 82.6 Å². The van der Waals surface area contributed by atoms with Crippen LogP contribution in [0.5, 0.6) is 0 Å². The molecular formula is C9H12ClN3. The van der Waals surface area contributed by atoms with Gasteiger partial charge in [0.05, 0.1) is 5.69 Å². The topological polar surface area (TPSA) is 50.7 Å². The van der Waals surface area contributed by atoms with Crippen LogP contribution in [0.3, 0.4) is 0 Å². The smallest absolute Gasteiger partial charge is 0.123 e. The van der Waals surface area contributed by atoms with Crippen LogP contribution in [0.4, 0.5) is 5.69 Å². The van der Waals surface area contributed by atoms with Crippen LogP contribution in [0.15, 0.2) is 34.5 Å². The Bertz CT molecular complexity index is 298. The number of azo groups is 1. The highest BCUT2D eigenvalue weighted by molar-refractivity contribution is 6.30. The molecule has 0 atom stereocenters. The largest absolute Gasteiger partial charge is 0.306 e. The minimum Gasteiger partial charge on any atom is -0.306 e. The quantitative estimate of drug-likeness (QED) is 0.728. The summed E-state index contributed by atoms with van der Waals surface area (Å²) in [6.07, 6.45) is 0. The van der Waals surface area contributed by atoms with Crippen molar-refractivity contribution in [1.29, 1.82) is 0 Å². The Hall–Kier alpha value is -0.930. The highest BCUT2D eigenvalue weighted by Gasteiger charge is 2.06. The van der Waals surface area contributed by atoms with E-state index >= 15 is 0 Å². The Kier molecular flexibility index (Phi) is 3.01. The molecule has 4 heteroatoms. The number of rotatable bonds is 2. The molecule has 0 saturated heterocycles. The minimum absolute atomic E-state index is 0.625. The van der Waals surface area contributed by atoms with Crippen LogP contribution in [-0.2, 0) is 0 Å². The number of nitrogens with zero attached hydrogens (tertiary/aromatic N) is 2. The van der Waals surface area contributed by atoms with Gasteiger partial charge < -0.3 is 5.73 Å². The third-order valence-corrected chi connectivity index (χ3v) is 1.50. The maximum absolute atomic E-state index is 5.70. The lowest BCUT2D eigenvalue weighted by Gasteiger charge is -2.08. The molecule has 1 rings (SSSR count). The van der Waals surface area contributed by atoms with E-state index in [0.29, 0.717) is 5.02 Å². The first kappa shape index (κ1) is 10.2. The number of hydrogen-bond donors (Lipinski definition) is 1. The first-order chi connectivity index (χ1) is 5.97. The summed E-state index contributed by atoms with van der Waals surface area (Å²) in [4.78, 5) is 0. The number of halogens is 1. The van der Waals surface area contributed by atoms with Crippen molar-refractivity contribution in [1.82, 2.24) is 0 Å². The Morgan fingerprint density at radius 2 is 1.77 bits per heavy atom. The van der Waals surface area contributed by atoms with E-state index in [1.165, 1.54) is 0 Å². The van der Waals surface area contributed by atoms with Crippen LogP contribution in [0.1, 0.15) is 13.8 Å². The fraction of sp³-hybridized carbons (Fsp3) is 0.333. The molecule has 2 N–H and O–H groups in total. The zero-order valence-electron chi connectivity index (χ0n) is 7.66. The molecule has 3 nitrogen and oxygen atoms in total. The summed E-state index contributed by atoms with van der Waals surface area (Å²) in [5.41, 5.74) is 5.75. The van der Waals surface area contributed by atoms with E-state index in [1.807, 2.05) is 0 Å². The summed E-state index contributed by atoms with van der Waals surface area (Å²) in [7, 11) is 0. The van der Waals surface area contributed by atoms with E-state index in [2.05, 4.69) is 10.2 Å². The van der Waals surface area contributed by atoms with Gasteiger partial charge in [-0.15, -0.1) is 0 Å². The molecule has 0 aliphatic heterocycles. The van der Waals surface area contributed by atoms with Crippen molar-refractivity contribution in [3.8, 4) is 0 Å². The molecule has 0 amide bonds. The Morgan fingerprint density at radius 1 is 1.23 bits per heavy atom. The summed E-state index contributed by atoms with van der Waals surface area (Å²) >= 11 is 5.70. The SMILES string of the molecule is CC(C)(N)N=Nc1ccc(Cl)cc1. The predicted molar refractivity (Wildman–Crippen MR) is 54.2 cm³/mol. The van der Waals surface area contributed by atoms with Crippen molar-refractivity contribution in [2.24, 2.45) is 16.0 Å². The molecule has 0 fully saturated rings. The molecule has 13 heavy (non-hydrogen) atoms. The molecule has 70 valence electrons. The Morgan fingerprint density at radius 3 is 2.23 bits per heavy atom. The van der Waals surface area contributed by atoms with Crippen molar-refractivity contribution in [3.63, 3.8) is 0 Å². The van der Waals surface area contributed by atoms with Crippen LogP contribution < -0.4 is 5.73 Å². The third-order valence-electron chi connectivity index (χ3n) is 1.25. The van der Waals surface area contributed by atoms with Gasteiger partial charge in [-0.1, -0.05) is 11.6 Å². The van der Waals surface area contributed by atoms with Gasteiger partial charge >= 0.3 is 0 Å². The molecule has 0 saturated carbocycles. The van der Waals surface area contributed by atoms with Crippen LogP contribution in [0, 0.1) is 0 Å². The second-order valence-corrected chi connectivity index (χ2v) is 3.77. The zero-order chi connectivity index (χ0) is 9.90. The lowest BCUT2D eigenvalue weighted by Crippen LogP contribution is -2.28. The molecule has 0 aromatic heterocycles. The molecule has 0 bridgehead atoms. The van der Waals surface area contributed by atoms with E-state index in [0.717, 1.165) is 5.69 Å². The Balaban J connectivity index is 2.75. The summed E-state index contributed by atoms with van der Waals surface area (Å²) < 4.78 is 0. The first-order valence-electron chi connectivity index (χ1n) is 3.95. The predicted octanol–water partition coefficient (Wildman–Crippen LogP) is 3.12. The van der Waals surface area contributed by atoms with Gasteiger partial charge in [0.2, 0.25) is 0 Å². The normalized spacial score (nSPS) is 12.3. The summed E-state index contributed by atoms with van der Waals surface area (Å²) in [5.74, 6) is 0. The van der Waals surface area contributed by atoms with Gasteiger partial charge in [-0.2, -0.15) is 10.2 Å². The highest BCUT2D eigenvalue weighted by Crippen LogP contribution is 2.17. The van der Waals surface area contributed by atoms with Gasteiger partial charge in [-0.25, -0.2) is 0 Å². The monoisotopic (exact) mass is 197 g/mol. The second-order valence-electron chi connectivity index (χ2n) is 3.33. The lowest BCUT2D eigenvalue weighted by molar-refractivity contribution is 0.521. The van der Waals surface area contributed by atoms with Gasteiger partial charge in [-0.3, -0.25) is 0 Å². The maximum Gasteiger partial charge on any atom is 0.123 e. The molecule has 1 aromatic rings. The van der Waals surface area contributed by atoms with Gasteiger partial charge in [0.1, 0.15) is 5.66 Å². The average Bonchev–Trinajstić information content (AvgIpc) is 2.02. The molecule has 0 spiro atoms. The van der Waals surface area contributed by atoms with Crippen molar-refractivity contribution in [3.05, 3.63) is 29.3 Å². The second kappa shape index (κ2) is 3.85. The average molecular weight is 198 g/mol. The standard InChI is InChI=1S/C9H12ClN3/c1-9(2,11)13-12-8-5-3-7(10)4-6-8/h3-6H,11H2,1-2H3. The number of hydrogen-bond acceptors (Lipinski definition) is 3. The first-order valence-corrected chi connectivity index (χ1v) is 4.32. The highest BCUT2D eigenvalue weighted by atomic mass is 35.5. The van der Waals surface area contributed by atoms with E-state index in [1.54, 1.807) is 38.1 Å². The number of nitrogens with two attached hydrogens (primary N) is 1. The van der Waals surface area contributed by atoms with E-state index in [9.17, 15) is 0 Å². The van der Waals surface area contributed by atoms with Crippen molar-refractivity contribution < 1.29 is 0 Å². The molecule has 0 radical (unpaired) electrons. The maximum atomic E-state index is 5.70. The van der Waals surface area contributed by atoms with Crippen molar-refractivity contribution in [2.75, 3.05) is 0 Å². The van der Waals surface area contributed by atoms with Crippen molar-refractivity contribution in [2.45, 2.75) is 19.5 Å². The van der Waals surface area contributed by atoms with E-state index in [4.69, 9.17) is 17.3 Å². The van der Waals surface area contributed by atoms with Gasteiger partial charge in [0, 0.05) is 5.02 Å². The molecule has 0 unspecified atom stereocenters. The number of benzene rings is 1. The summed E-state index contributed by atoms with van der Waals surface area (Å²) in [6, 6.07) is 7.11. The van der Waals surface area contributed by atoms with Gasteiger partial charge in [-0.05, 0) is 38.1 Å². The molecule has 0 heterocycles. The van der Waals surface area contributed by atoms with Crippen molar-refractivity contribution >= 4 is 17.3 Å². The van der Waals surface area contributed by atoms with Crippen LogP contribution in [-0.4, -0.2) is 5.66 Å². The third kappa shape index (κ3) is 4.01. The van der Waals surface area contributed by atoms with Crippen LogP contribution >= 0.6 is 11.6 Å². The lowest BCUT2D eigenvalue weighted by atomic mass is 10.3. The minimum atomic E-state index is -0.625. The fourth-order valence-corrected chi connectivity index (χ4v) is 0.820. The van der Waals surface area contributed by atoms with Gasteiger partial charge in [0.15, 0.2) is 0 Å². The molecular weight excluding hydrogens is 186 g/mol. The van der Waals surface area contributed by atoms with E-state index in [-0.39, 0.29) is 0 Å². The van der Waals surface area contributed by atoms with Gasteiger partial charge in [0.25, 0.3) is 0 Å². The molecule has 1 aromatic carbocycles. The fourth-order valence-electron chi connectivity index (χ4n) is 0.694. The molecule has 0 aliphatic rings. The van der Waals surface area contributed by atoms with Crippen LogP contribution in [0.25, 0.3) is 0 Å². The summed E-state index contributed by atoms with van der Waals surface area (Å²) in [6.45, 7) is 3.57. The zero-order valence-corrected chi connectivity index (χ0v) is 8.42. The summed E-state index contributed by atoms with van der Waals surface area (Å²) in [5, 5.41) is 8.56. The van der Waals surface area contributed by atoms with Crippen LogP contribution in [0.2, 0.25) is 5.02 Å². The molecule has 0 aliphatic carbocycles. The van der Waals surface area contributed by atoms with E-state index < -0.39 is 5.66 Å².